The van der Waals surface area contributed by atoms with Gasteiger partial charge in [-0.2, -0.15) is 4.31 Å². The number of hydrogen-bond donors (Lipinski definition) is 1. The number of ether oxygens (including phenoxy) is 1. The number of aryl methyl sites for hydroxylation is 1. The van der Waals surface area contributed by atoms with Gasteiger partial charge >= 0.3 is 0 Å². The van der Waals surface area contributed by atoms with Gasteiger partial charge in [0, 0.05) is 36.5 Å². The smallest absolute Gasteiger partial charge is 0.244 e. The van der Waals surface area contributed by atoms with Crippen LogP contribution in [0.15, 0.2) is 11.0 Å². The van der Waals surface area contributed by atoms with E-state index in [0.29, 0.717) is 31.1 Å². The van der Waals surface area contributed by atoms with E-state index in [0.717, 1.165) is 22.6 Å². The van der Waals surface area contributed by atoms with Crippen LogP contribution < -0.4 is 5.73 Å². The first-order valence-corrected chi connectivity index (χ1v) is 9.03. The Hall–Kier alpha value is -0.470. The van der Waals surface area contributed by atoms with Crippen molar-refractivity contribution in [1.82, 2.24) is 4.31 Å². The van der Waals surface area contributed by atoms with Crippen LogP contribution in [0.2, 0.25) is 0 Å². The van der Waals surface area contributed by atoms with Gasteiger partial charge < -0.3 is 10.5 Å². The molecule has 1 saturated heterocycles. The molecule has 2 rings (SSSR count). The fraction of sp³-hybridized carbons (Fsp3) is 0.692. The topological polar surface area (TPSA) is 72.6 Å². The Kier molecular flexibility index (Phi) is 5.19. The highest BCUT2D eigenvalue weighted by Gasteiger charge is 2.32. The van der Waals surface area contributed by atoms with Crippen LogP contribution in [0.5, 0.6) is 0 Å². The number of sulfonamides is 1. The Morgan fingerprint density at radius 2 is 2.30 bits per heavy atom. The third-order valence-electron chi connectivity index (χ3n) is 3.63. The maximum absolute atomic E-state index is 12.7. The van der Waals surface area contributed by atoms with Crippen molar-refractivity contribution in [2.75, 3.05) is 26.8 Å². The molecule has 0 spiro atoms. The molecule has 1 aromatic rings. The minimum atomic E-state index is -3.40. The molecule has 5 nitrogen and oxygen atoms in total. The summed E-state index contributed by atoms with van der Waals surface area (Å²) in [6, 6.07) is 1.72. The fourth-order valence-electron chi connectivity index (χ4n) is 2.64. The van der Waals surface area contributed by atoms with Gasteiger partial charge in [0.15, 0.2) is 0 Å². The molecule has 0 radical (unpaired) electrons. The van der Waals surface area contributed by atoms with Crippen LogP contribution in [-0.4, -0.2) is 39.5 Å². The Balaban J connectivity index is 2.22. The maximum Gasteiger partial charge on any atom is 0.244 e. The molecule has 2 N–H and O–H groups in total. The zero-order chi connectivity index (χ0) is 14.8. The van der Waals surface area contributed by atoms with E-state index in [1.807, 2.05) is 6.92 Å². The van der Waals surface area contributed by atoms with Crippen LogP contribution in [0.1, 0.15) is 22.6 Å². The van der Waals surface area contributed by atoms with Gasteiger partial charge in [-0.1, -0.05) is 0 Å². The van der Waals surface area contributed by atoms with Crippen LogP contribution >= 0.6 is 11.3 Å². The van der Waals surface area contributed by atoms with Crippen molar-refractivity contribution < 1.29 is 13.2 Å². The molecule has 20 heavy (non-hydrogen) atoms. The number of methoxy groups -OCH3 is 1. The molecule has 0 amide bonds. The molecule has 1 aliphatic rings. The van der Waals surface area contributed by atoms with Crippen LogP contribution in [-0.2, 0) is 21.3 Å². The summed E-state index contributed by atoms with van der Waals surface area (Å²) < 4.78 is 32.2. The molecule has 2 heterocycles. The Bertz CT molecular complexity index is 552. The molecule has 1 fully saturated rings. The van der Waals surface area contributed by atoms with E-state index < -0.39 is 10.0 Å². The molecule has 7 heteroatoms. The molecule has 0 aliphatic carbocycles. The van der Waals surface area contributed by atoms with Gasteiger partial charge in [0.25, 0.3) is 0 Å². The number of nitrogens with zero attached hydrogens (tertiary/aromatic N) is 1. The van der Waals surface area contributed by atoms with E-state index >= 15 is 0 Å². The fourth-order valence-corrected chi connectivity index (χ4v) is 5.67. The lowest BCUT2D eigenvalue weighted by atomic mass is 10.0. The van der Waals surface area contributed by atoms with E-state index in [1.54, 1.807) is 17.5 Å². The molecule has 0 bridgehead atoms. The second-order valence-electron chi connectivity index (χ2n) is 5.16. The second-order valence-corrected chi connectivity index (χ2v) is 8.41. The average Bonchev–Trinajstić information content (AvgIpc) is 2.81. The molecule has 1 atom stereocenters. The Morgan fingerprint density at radius 3 is 2.90 bits per heavy atom. The second kappa shape index (κ2) is 6.53. The van der Waals surface area contributed by atoms with Crippen molar-refractivity contribution in [2.24, 2.45) is 11.7 Å². The first kappa shape index (κ1) is 15.9. The first-order valence-electron chi connectivity index (χ1n) is 6.77. The minimum Gasteiger partial charge on any atom is -0.384 e. The van der Waals surface area contributed by atoms with Crippen molar-refractivity contribution in [3.8, 4) is 0 Å². The first-order chi connectivity index (χ1) is 9.48. The van der Waals surface area contributed by atoms with Crippen molar-refractivity contribution in [2.45, 2.75) is 31.2 Å². The summed E-state index contributed by atoms with van der Waals surface area (Å²) in [4.78, 5) is 2.15. The number of piperidine rings is 1. The maximum atomic E-state index is 12.7. The lowest BCUT2D eigenvalue weighted by molar-refractivity contribution is 0.118. The predicted octanol–water partition coefficient (Wildman–Crippen LogP) is 1.56. The van der Waals surface area contributed by atoms with E-state index in [1.165, 1.54) is 11.3 Å². The predicted molar refractivity (Wildman–Crippen MR) is 80.3 cm³/mol. The molecular formula is C13H22N2O3S2. The Labute approximate surface area is 124 Å². The summed E-state index contributed by atoms with van der Waals surface area (Å²) in [5.74, 6) is 0.288. The molecule has 1 unspecified atom stereocenters. The molecule has 1 aliphatic heterocycles. The highest BCUT2D eigenvalue weighted by Crippen LogP contribution is 2.30. The van der Waals surface area contributed by atoms with Gasteiger partial charge in [-0.15, -0.1) is 11.3 Å². The summed E-state index contributed by atoms with van der Waals surface area (Å²) in [5, 5.41) is 0. The largest absolute Gasteiger partial charge is 0.384 e. The van der Waals surface area contributed by atoms with Gasteiger partial charge in [-0.3, -0.25) is 0 Å². The molecule has 0 aromatic carbocycles. The van der Waals surface area contributed by atoms with Crippen molar-refractivity contribution >= 4 is 21.4 Å². The summed E-state index contributed by atoms with van der Waals surface area (Å²) in [6.07, 6.45) is 1.91. The van der Waals surface area contributed by atoms with Crippen molar-refractivity contribution in [1.29, 1.82) is 0 Å². The summed E-state index contributed by atoms with van der Waals surface area (Å²) >= 11 is 1.46. The SMILES string of the molecule is COCC1CCCN(S(=O)(=O)c2cc(CN)sc2C)C1. The van der Waals surface area contributed by atoms with Gasteiger partial charge in [0.05, 0.1) is 11.5 Å². The van der Waals surface area contributed by atoms with Gasteiger partial charge in [0.2, 0.25) is 10.0 Å². The van der Waals surface area contributed by atoms with Gasteiger partial charge in [0.1, 0.15) is 0 Å². The lowest BCUT2D eigenvalue weighted by Gasteiger charge is -2.31. The van der Waals surface area contributed by atoms with Crippen molar-refractivity contribution in [3.63, 3.8) is 0 Å². The number of nitrogens with two attached hydrogens (primary N) is 1. The summed E-state index contributed by atoms with van der Waals surface area (Å²) in [5.41, 5.74) is 5.60. The molecular weight excluding hydrogens is 296 g/mol. The van der Waals surface area contributed by atoms with Crippen LogP contribution in [0.4, 0.5) is 0 Å². The standard InChI is InChI=1S/C13H22N2O3S2/c1-10-13(6-12(7-14)19-10)20(16,17)15-5-3-4-11(8-15)9-18-2/h6,11H,3-5,7-9,14H2,1-2H3. The van der Waals surface area contributed by atoms with Crippen LogP contribution in [0.3, 0.4) is 0 Å². The van der Waals surface area contributed by atoms with E-state index in [2.05, 4.69) is 0 Å². The van der Waals surface area contributed by atoms with Gasteiger partial charge in [-0.25, -0.2) is 8.42 Å². The summed E-state index contributed by atoms with van der Waals surface area (Å²) in [7, 11) is -1.74. The summed E-state index contributed by atoms with van der Waals surface area (Å²) in [6.45, 7) is 3.97. The van der Waals surface area contributed by atoms with E-state index in [-0.39, 0.29) is 5.92 Å². The number of hydrogen-bond acceptors (Lipinski definition) is 5. The highest BCUT2D eigenvalue weighted by molar-refractivity contribution is 7.89. The van der Waals surface area contributed by atoms with Crippen LogP contribution in [0, 0.1) is 12.8 Å². The van der Waals surface area contributed by atoms with Crippen LogP contribution in [0.25, 0.3) is 0 Å². The van der Waals surface area contributed by atoms with E-state index in [4.69, 9.17) is 10.5 Å². The molecule has 114 valence electrons. The monoisotopic (exact) mass is 318 g/mol. The zero-order valence-corrected chi connectivity index (χ0v) is 13.6. The number of rotatable bonds is 5. The number of thiophene rings is 1. The third kappa shape index (κ3) is 3.23. The Morgan fingerprint density at radius 1 is 1.55 bits per heavy atom. The zero-order valence-electron chi connectivity index (χ0n) is 12.0. The van der Waals surface area contributed by atoms with E-state index in [9.17, 15) is 8.42 Å². The van der Waals surface area contributed by atoms with Gasteiger partial charge in [-0.05, 0) is 31.7 Å². The van der Waals surface area contributed by atoms with Crippen molar-refractivity contribution in [3.05, 3.63) is 15.8 Å². The molecule has 0 saturated carbocycles. The lowest BCUT2D eigenvalue weighted by Crippen LogP contribution is -2.41. The third-order valence-corrected chi connectivity index (χ3v) is 6.82. The average molecular weight is 318 g/mol. The molecule has 1 aromatic heterocycles. The normalized spacial score (nSPS) is 21.2. The highest BCUT2D eigenvalue weighted by atomic mass is 32.2. The quantitative estimate of drug-likeness (QED) is 0.894. The minimum absolute atomic E-state index is 0.288.